The maximum absolute atomic E-state index is 14.3. The molecule has 0 aliphatic carbocycles. The van der Waals surface area contributed by atoms with Crippen LogP contribution in [0.5, 0.6) is 0 Å². The van der Waals surface area contributed by atoms with Crippen LogP contribution in [0, 0.1) is 5.82 Å². The number of likely N-dealkylation sites (tertiary alicyclic amines) is 1. The normalized spacial score (nSPS) is 17.1. The Kier molecular flexibility index (Phi) is 4.64. The van der Waals surface area contributed by atoms with Crippen molar-refractivity contribution in [1.82, 2.24) is 9.88 Å². The van der Waals surface area contributed by atoms with E-state index in [4.69, 9.17) is 0 Å². The molecule has 2 heterocycles. The van der Waals surface area contributed by atoms with Crippen LogP contribution >= 0.6 is 0 Å². The maximum atomic E-state index is 14.3. The lowest BCUT2D eigenvalue weighted by Crippen LogP contribution is -2.29. The van der Waals surface area contributed by atoms with Gasteiger partial charge in [-0.1, -0.05) is 24.3 Å². The number of benzene rings is 2. The first-order chi connectivity index (χ1) is 13.7. The third-order valence-corrected chi connectivity index (χ3v) is 5.22. The highest BCUT2D eigenvalue weighted by molar-refractivity contribution is 6.06. The standard InChI is InChI=1S/C21H16F4N2O2/c22-17-9-13(21(23,24)25)5-6-14(17)12-7-8-27(11-12)20(29)16-10-19(28)26-18-4-2-1-3-15(16)18/h1-6,9-10,12H,7-8,11H2,(H,26,28). The van der Waals surface area contributed by atoms with Gasteiger partial charge in [-0.2, -0.15) is 13.2 Å². The fraction of sp³-hybridized carbons (Fsp3) is 0.238. The summed E-state index contributed by atoms with van der Waals surface area (Å²) in [5.74, 6) is -1.70. The Morgan fingerprint density at radius 1 is 1.10 bits per heavy atom. The zero-order valence-electron chi connectivity index (χ0n) is 15.1. The number of amides is 1. The Balaban J connectivity index is 1.60. The monoisotopic (exact) mass is 404 g/mol. The molecule has 4 rings (SSSR count). The number of carbonyl (C=O) groups excluding carboxylic acids is 1. The highest BCUT2D eigenvalue weighted by atomic mass is 19.4. The molecule has 0 spiro atoms. The Hall–Kier alpha value is -3.16. The quantitative estimate of drug-likeness (QED) is 0.647. The predicted molar refractivity (Wildman–Crippen MR) is 99.2 cm³/mol. The number of aromatic nitrogens is 1. The van der Waals surface area contributed by atoms with E-state index >= 15 is 0 Å². The van der Waals surface area contributed by atoms with Gasteiger partial charge in [0.15, 0.2) is 0 Å². The second-order valence-electron chi connectivity index (χ2n) is 7.06. The van der Waals surface area contributed by atoms with E-state index in [1.54, 1.807) is 24.3 Å². The smallest absolute Gasteiger partial charge is 0.338 e. The van der Waals surface area contributed by atoms with Crippen LogP contribution in [0.25, 0.3) is 10.9 Å². The maximum Gasteiger partial charge on any atom is 0.416 e. The van der Waals surface area contributed by atoms with E-state index in [-0.39, 0.29) is 23.6 Å². The van der Waals surface area contributed by atoms with E-state index in [9.17, 15) is 27.2 Å². The summed E-state index contributed by atoms with van der Waals surface area (Å²) in [4.78, 5) is 29.1. The van der Waals surface area contributed by atoms with Crippen LogP contribution in [0.4, 0.5) is 17.6 Å². The summed E-state index contributed by atoms with van der Waals surface area (Å²) < 4.78 is 52.5. The van der Waals surface area contributed by atoms with Gasteiger partial charge in [-0.3, -0.25) is 9.59 Å². The minimum absolute atomic E-state index is 0.157. The van der Waals surface area contributed by atoms with Gasteiger partial charge in [-0.25, -0.2) is 4.39 Å². The molecule has 0 radical (unpaired) electrons. The Labute approximate surface area is 162 Å². The summed E-state index contributed by atoms with van der Waals surface area (Å²) in [6.07, 6.45) is -4.19. The van der Waals surface area contributed by atoms with Crippen LogP contribution in [0.15, 0.2) is 53.3 Å². The van der Waals surface area contributed by atoms with E-state index in [1.165, 1.54) is 11.0 Å². The average Bonchev–Trinajstić information content (AvgIpc) is 3.15. The van der Waals surface area contributed by atoms with Gasteiger partial charge in [0.25, 0.3) is 5.91 Å². The number of pyridine rings is 1. The SMILES string of the molecule is O=C(c1cc(=O)[nH]c2ccccc12)N1CCC(c2ccc(C(F)(F)F)cc2F)C1. The number of nitrogens with zero attached hydrogens (tertiary/aromatic N) is 1. The van der Waals surface area contributed by atoms with Gasteiger partial charge in [0.2, 0.25) is 5.56 Å². The van der Waals surface area contributed by atoms with Crippen molar-refractivity contribution in [2.45, 2.75) is 18.5 Å². The zero-order chi connectivity index (χ0) is 20.8. The lowest BCUT2D eigenvalue weighted by molar-refractivity contribution is -0.137. The summed E-state index contributed by atoms with van der Waals surface area (Å²) in [5, 5.41) is 0.598. The van der Waals surface area contributed by atoms with Gasteiger partial charge in [-0.05, 0) is 30.2 Å². The molecule has 1 saturated heterocycles. The van der Waals surface area contributed by atoms with E-state index in [0.29, 0.717) is 29.9 Å². The molecule has 8 heteroatoms. The van der Waals surface area contributed by atoms with Crippen LogP contribution in [0.1, 0.15) is 33.8 Å². The van der Waals surface area contributed by atoms with Gasteiger partial charge < -0.3 is 9.88 Å². The number of halogens is 4. The van der Waals surface area contributed by atoms with E-state index in [2.05, 4.69) is 4.98 Å². The molecule has 29 heavy (non-hydrogen) atoms. The second-order valence-corrected chi connectivity index (χ2v) is 7.06. The largest absolute Gasteiger partial charge is 0.416 e. The molecule has 1 N–H and O–H groups in total. The molecule has 1 fully saturated rings. The van der Waals surface area contributed by atoms with Crippen molar-refractivity contribution in [3.05, 3.63) is 81.4 Å². The number of fused-ring (bicyclic) bond motifs is 1. The van der Waals surface area contributed by atoms with E-state index in [0.717, 1.165) is 12.1 Å². The summed E-state index contributed by atoms with van der Waals surface area (Å²) in [6, 6.07) is 10.6. The van der Waals surface area contributed by atoms with Crippen LogP contribution in [-0.4, -0.2) is 28.9 Å². The van der Waals surface area contributed by atoms with Gasteiger partial charge in [0.05, 0.1) is 11.1 Å². The van der Waals surface area contributed by atoms with Crippen LogP contribution < -0.4 is 5.56 Å². The summed E-state index contributed by atoms with van der Waals surface area (Å²) in [6.45, 7) is 0.493. The molecule has 1 aromatic heterocycles. The van der Waals surface area contributed by atoms with Crippen LogP contribution in [0.2, 0.25) is 0 Å². The molecular formula is C21H16F4N2O2. The number of hydrogen-bond acceptors (Lipinski definition) is 2. The van der Waals surface area contributed by atoms with E-state index < -0.39 is 29.0 Å². The summed E-state index contributed by atoms with van der Waals surface area (Å²) in [5.41, 5.74) is -0.508. The zero-order valence-corrected chi connectivity index (χ0v) is 15.1. The molecule has 0 saturated carbocycles. The van der Waals surface area contributed by atoms with Crippen LogP contribution in [-0.2, 0) is 6.18 Å². The fourth-order valence-electron chi connectivity index (χ4n) is 3.79. The minimum Gasteiger partial charge on any atom is -0.338 e. The minimum atomic E-state index is -4.61. The molecule has 1 aliphatic heterocycles. The molecule has 1 atom stereocenters. The molecule has 1 unspecified atom stereocenters. The summed E-state index contributed by atoms with van der Waals surface area (Å²) >= 11 is 0. The van der Waals surface area contributed by atoms with Gasteiger partial charge in [0.1, 0.15) is 5.82 Å². The molecule has 0 bridgehead atoms. The Morgan fingerprint density at radius 3 is 2.59 bits per heavy atom. The van der Waals surface area contributed by atoms with Crippen molar-refractivity contribution in [1.29, 1.82) is 0 Å². The van der Waals surface area contributed by atoms with Crippen molar-refractivity contribution in [2.75, 3.05) is 13.1 Å². The fourth-order valence-corrected chi connectivity index (χ4v) is 3.79. The molecule has 150 valence electrons. The third-order valence-electron chi connectivity index (χ3n) is 5.22. The third kappa shape index (κ3) is 3.62. The first-order valence-electron chi connectivity index (χ1n) is 9.02. The lowest BCUT2D eigenvalue weighted by atomic mass is 9.96. The number of hydrogen-bond donors (Lipinski definition) is 1. The van der Waals surface area contributed by atoms with Crippen LogP contribution in [0.3, 0.4) is 0 Å². The number of carbonyl (C=O) groups is 1. The number of nitrogens with one attached hydrogen (secondary N) is 1. The molecule has 4 nitrogen and oxygen atoms in total. The second kappa shape index (κ2) is 7.02. The molecule has 3 aromatic rings. The molecule has 2 aromatic carbocycles. The number of para-hydroxylation sites is 1. The molecule has 1 aliphatic rings. The first-order valence-corrected chi connectivity index (χ1v) is 9.02. The summed E-state index contributed by atoms with van der Waals surface area (Å²) in [7, 11) is 0. The highest BCUT2D eigenvalue weighted by Gasteiger charge is 2.34. The van der Waals surface area contributed by atoms with E-state index in [1.807, 2.05) is 0 Å². The Morgan fingerprint density at radius 2 is 1.86 bits per heavy atom. The van der Waals surface area contributed by atoms with Crippen molar-refractivity contribution >= 4 is 16.8 Å². The number of rotatable bonds is 2. The average molecular weight is 404 g/mol. The number of H-pyrrole nitrogens is 1. The number of aromatic amines is 1. The predicted octanol–water partition coefficient (Wildman–Crippen LogP) is 4.32. The molecular weight excluding hydrogens is 388 g/mol. The number of alkyl halides is 3. The Bertz CT molecular complexity index is 1150. The van der Waals surface area contributed by atoms with Crippen molar-refractivity contribution in [3.63, 3.8) is 0 Å². The van der Waals surface area contributed by atoms with Gasteiger partial charge in [-0.15, -0.1) is 0 Å². The van der Waals surface area contributed by atoms with Gasteiger partial charge >= 0.3 is 6.18 Å². The topological polar surface area (TPSA) is 53.2 Å². The highest BCUT2D eigenvalue weighted by Crippen LogP contribution is 2.35. The first kappa shape index (κ1) is 19.2. The van der Waals surface area contributed by atoms with Crippen molar-refractivity contribution in [2.24, 2.45) is 0 Å². The van der Waals surface area contributed by atoms with Gasteiger partial charge in [0, 0.05) is 36.0 Å². The molecule has 1 amide bonds. The van der Waals surface area contributed by atoms with Crippen molar-refractivity contribution in [3.8, 4) is 0 Å². The lowest BCUT2D eigenvalue weighted by Gasteiger charge is -2.18. The van der Waals surface area contributed by atoms with Crippen molar-refractivity contribution < 1.29 is 22.4 Å².